The molecule has 0 fully saturated rings. The van der Waals surface area contributed by atoms with Crippen molar-refractivity contribution in [2.75, 3.05) is 27.3 Å². The van der Waals surface area contributed by atoms with Crippen LogP contribution in [0.15, 0.2) is 140 Å². The summed E-state index contributed by atoms with van der Waals surface area (Å²) in [5, 5.41) is 22.5. The molecule has 0 saturated heterocycles. The van der Waals surface area contributed by atoms with Crippen molar-refractivity contribution in [3.8, 4) is 68.1 Å². The summed E-state index contributed by atoms with van der Waals surface area (Å²) in [6.45, 7) is 1.50. The van der Waals surface area contributed by atoms with E-state index in [4.69, 9.17) is 19.4 Å². The molecule has 0 saturated carbocycles. The number of rotatable bonds is 12. The van der Waals surface area contributed by atoms with Gasteiger partial charge in [-0.15, -0.1) is 0 Å². The summed E-state index contributed by atoms with van der Waals surface area (Å²) in [4.78, 5) is 31.0. The van der Waals surface area contributed by atoms with Crippen molar-refractivity contribution in [2.45, 2.75) is 12.8 Å². The SMILES string of the molecule is CNCCCOc1ccc(-c2c3nc(c(-c4ccc(C#N)cc4)c4ccc([nH]4)c(-c4ccc(OC)cc4)c4nc(c(-c5ccc(C#N)cc5)c5ccc2[nH]5)C=C4)C=C3)cc1.O=CCc1cc[nH]c1. The first-order chi connectivity index (χ1) is 33.5. The van der Waals surface area contributed by atoms with Crippen molar-refractivity contribution < 1.29 is 14.3 Å². The van der Waals surface area contributed by atoms with Crippen molar-refractivity contribution in [1.29, 1.82) is 10.5 Å². The molecule has 4 aromatic carbocycles. The number of aromatic nitrogens is 5. The van der Waals surface area contributed by atoms with Crippen molar-refractivity contribution >= 4 is 52.7 Å². The highest BCUT2D eigenvalue weighted by Crippen LogP contribution is 2.39. The van der Waals surface area contributed by atoms with Gasteiger partial charge in [0.2, 0.25) is 0 Å². The van der Waals surface area contributed by atoms with Gasteiger partial charge in [0, 0.05) is 63.1 Å². The highest BCUT2D eigenvalue weighted by molar-refractivity contribution is 6.00. The molecule has 2 aliphatic rings. The third-order valence-electron chi connectivity index (χ3n) is 11.7. The second-order valence-corrected chi connectivity index (χ2v) is 16.0. The first kappa shape index (κ1) is 44.2. The number of fused-ring (bicyclic) bond motifs is 8. The zero-order valence-electron chi connectivity index (χ0n) is 37.5. The number of H-pyrrole nitrogens is 3. The number of benzene rings is 4. The highest BCUT2D eigenvalue weighted by atomic mass is 16.5. The Morgan fingerprint density at radius 3 is 1.34 bits per heavy atom. The van der Waals surface area contributed by atoms with Crippen LogP contribution in [-0.4, -0.2) is 58.5 Å². The van der Waals surface area contributed by atoms with Crippen molar-refractivity contribution in [3.05, 3.63) is 179 Å². The average Bonchev–Trinajstić information content (AvgIpc) is 4.26. The summed E-state index contributed by atoms with van der Waals surface area (Å²) < 4.78 is 11.6. The van der Waals surface area contributed by atoms with E-state index in [1.165, 1.54) is 0 Å². The zero-order valence-corrected chi connectivity index (χ0v) is 37.5. The molecule has 4 N–H and O–H groups in total. The molecule has 68 heavy (non-hydrogen) atoms. The van der Waals surface area contributed by atoms with Crippen LogP contribution in [-0.2, 0) is 11.2 Å². The molecule has 0 spiro atoms. The van der Waals surface area contributed by atoms with Crippen molar-refractivity contribution in [3.63, 3.8) is 0 Å². The van der Waals surface area contributed by atoms with Gasteiger partial charge in [0.25, 0.3) is 0 Å². The largest absolute Gasteiger partial charge is 0.497 e. The molecule has 8 aromatic rings. The molecule has 10 rings (SSSR count). The van der Waals surface area contributed by atoms with Gasteiger partial charge in [0.1, 0.15) is 17.8 Å². The van der Waals surface area contributed by atoms with Crippen LogP contribution in [0.5, 0.6) is 11.5 Å². The number of nitrogens with zero attached hydrogens (tertiary/aromatic N) is 4. The summed E-state index contributed by atoms with van der Waals surface area (Å²) in [5.74, 6) is 1.55. The van der Waals surface area contributed by atoms with Crippen LogP contribution in [0.1, 0.15) is 45.9 Å². The predicted octanol–water partition coefficient (Wildman–Crippen LogP) is 11.8. The second kappa shape index (κ2) is 20.4. The van der Waals surface area contributed by atoms with E-state index in [9.17, 15) is 15.3 Å². The molecule has 0 radical (unpaired) electrons. The normalized spacial score (nSPS) is 11.3. The van der Waals surface area contributed by atoms with E-state index in [1.54, 1.807) is 13.3 Å². The third-order valence-corrected chi connectivity index (χ3v) is 11.7. The Balaban J connectivity index is 0.000000656. The summed E-state index contributed by atoms with van der Waals surface area (Å²) >= 11 is 0. The maximum absolute atomic E-state index is 9.86. The lowest BCUT2D eigenvalue weighted by Gasteiger charge is -2.09. The predicted molar refractivity (Wildman–Crippen MR) is 271 cm³/mol. The van der Waals surface area contributed by atoms with E-state index in [-0.39, 0.29) is 0 Å². The minimum atomic E-state index is 0.517. The van der Waals surface area contributed by atoms with E-state index in [0.717, 1.165) is 126 Å². The van der Waals surface area contributed by atoms with Crippen LogP contribution < -0.4 is 14.8 Å². The van der Waals surface area contributed by atoms with Gasteiger partial charge in [0.15, 0.2) is 0 Å². The Labute approximate surface area is 393 Å². The smallest absolute Gasteiger partial charge is 0.124 e. The van der Waals surface area contributed by atoms with E-state index < -0.39 is 0 Å². The van der Waals surface area contributed by atoms with Crippen LogP contribution in [0.2, 0.25) is 0 Å². The monoisotopic (exact) mass is 890 g/mol. The number of carbonyl (C=O) groups is 1. The number of carbonyl (C=O) groups excluding carboxylic acids is 1. The molecule has 11 nitrogen and oxygen atoms in total. The highest BCUT2D eigenvalue weighted by Gasteiger charge is 2.19. The van der Waals surface area contributed by atoms with Gasteiger partial charge < -0.3 is 34.5 Å². The molecule has 0 aliphatic carbocycles. The number of hydrogen-bond donors (Lipinski definition) is 4. The van der Waals surface area contributed by atoms with Gasteiger partial charge in [-0.2, -0.15) is 10.5 Å². The van der Waals surface area contributed by atoms with Crippen LogP contribution in [0.4, 0.5) is 0 Å². The summed E-state index contributed by atoms with van der Waals surface area (Å²) in [6.07, 6.45) is 14.1. The van der Waals surface area contributed by atoms with Gasteiger partial charge in [-0.1, -0.05) is 48.5 Å². The van der Waals surface area contributed by atoms with Crippen LogP contribution in [0, 0.1) is 22.7 Å². The maximum Gasteiger partial charge on any atom is 0.124 e. The van der Waals surface area contributed by atoms with Gasteiger partial charge in [-0.3, -0.25) is 0 Å². The molecule has 2 aliphatic heterocycles. The van der Waals surface area contributed by atoms with Crippen LogP contribution in [0.25, 0.3) is 90.9 Å². The number of aromatic amines is 3. The number of nitrogens with one attached hydrogen (secondary N) is 4. The van der Waals surface area contributed by atoms with Crippen LogP contribution in [0.3, 0.4) is 0 Å². The standard InChI is InChI=1S/C51H39N7O2.C6H7NO/c1-54-28-3-29-60-39-18-14-37(15-19-39)51-46-26-22-42(57-46)48(34-8-4-32(30-52)5-9-34)40-20-24-44(55-40)50(36-12-16-38(59-2)17-13-36)45-25-21-41(56-45)49(43-23-27-47(51)58-43)35-10-6-33(31-53)7-11-35;8-4-2-6-1-3-7-5-6/h4-27,54-55,58H,3,28-29H2,1-2H3;1,3-5,7H,2H2. The molecule has 8 bridgehead atoms. The molecule has 0 unspecified atom stereocenters. The zero-order chi connectivity index (χ0) is 46.8. The Hall–Kier alpha value is -9.03. The second-order valence-electron chi connectivity index (χ2n) is 16.0. The van der Waals surface area contributed by atoms with E-state index in [0.29, 0.717) is 24.2 Å². The topological polar surface area (TPSA) is 168 Å². The number of aldehydes is 1. The average molecular weight is 891 g/mol. The minimum absolute atomic E-state index is 0.517. The molecule has 11 heteroatoms. The lowest BCUT2D eigenvalue weighted by molar-refractivity contribution is -0.107. The van der Waals surface area contributed by atoms with E-state index >= 15 is 0 Å². The first-order valence-electron chi connectivity index (χ1n) is 22.2. The van der Waals surface area contributed by atoms with Gasteiger partial charge >= 0.3 is 0 Å². The number of methoxy groups -OCH3 is 1. The fraction of sp³-hybridized carbons (Fsp3) is 0.105. The van der Waals surface area contributed by atoms with Crippen LogP contribution >= 0.6 is 0 Å². The van der Waals surface area contributed by atoms with Gasteiger partial charge in [-0.25, -0.2) is 9.97 Å². The molecule has 332 valence electrons. The van der Waals surface area contributed by atoms with Crippen molar-refractivity contribution in [2.24, 2.45) is 0 Å². The lowest BCUT2D eigenvalue weighted by Crippen LogP contribution is -2.11. The number of nitriles is 2. The first-order valence-corrected chi connectivity index (χ1v) is 22.2. The quantitative estimate of drug-likeness (QED) is 0.0694. The van der Waals surface area contributed by atoms with Gasteiger partial charge in [0.05, 0.1) is 59.8 Å². The molecule has 4 aromatic heterocycles. The van der Waals surface area contributed by atoms with E-state index in [1.807, 2.05) is 110 Å². The number of hydrogen-bond acceptors (Lipinski definition) is 8. The third kappa shape index (κ3) is 9.51. The fourth-order valence-electron chi connectivity index (χ4n) is 8.34. The van der Waals surface area contributed by atoms with E-state index in [2.05, 4.69) is 87.0 Å². The van der Waals surface area contributed by atoms with Crippen molar-refractivity contribution in [1.82, 2.24) is 30.2 Å². The molecule has 0 atom stereocenters. The Bertz CT molecular complexity index is 3350. The van der Waals surface area contributed by atoms with Gasteiger partial charge in [-0.05, 0) is 151 Å². The molecular weight excluding hydrogens is 845 g/mol. The summed E-state index contributed by atoms with van der Waals surface area (Å²) in [6, 6.07) is 46.1. The Kier molecular flexibility index (Phi) is 13.3. The Morgan fingerprint density at radius 2 is 0.985 bits per heavy atom. The Morgan fingerprint density at radius 1 is 0.574 bits per heavy atom. The molecular formula is C57H46N8O3. The number of ether oxygens (including phenoxy) is 2. The fourth-order valence-corrected chi connectivity index (χ4v) is 8.34. The maximum atomic E-state index is 9.86. The molecule has 6 heterocycles. The summed E-state index contributed by atoms with van der Waals surface area (Å²) in [7, 11) is 3.60. The summed E-state index contributed by atoms with van der Waals surface area (Å²) in [5.41, 5.74) is 16.1. The minimum Gasteiger partial charge on any atom is -0.497 e. The lowest BCUT2D eigenvalue weighted by atomic mass is 10.0. The molecule has 0 amide bonds.